The van der Waals surface area contributed by atoms with E-state index in [0.717, 1.165) is 42.2 Å². The molecule has 3 aromatic carbocycles. The summed E-state index contributed by atoms with van der Waals surface area (Å²) in [5.74, 6) is 0.749. The molecule has 30 heavy (non-hydrogen) atoms. The lowest BCUT2D eigenvalue weighted by molar-refractivity contribution is 0.316. The summed E-state index contributed by atoms with van der Waals surface area (Å²) in [5, 5.41) is 5.38. The molecule has 0 bridgehead atoms. The van der Waals surface area contributed by atoms with Gasteiger partial charge in [0, 0.05) is 49.0 Å². The van der Waals surface area contributed by atoms with E-state index >= 15 is 0 Å². The minimum atomic E-state index is -1.04. The Morgan fingerprint density at radius 3 is 2.10 bits per heavy atom. The van der Waals surface area contributed by atoms with E-state index in [-0.39, 0.29) is 13.1 Å². The Bertz CT molecular complexity index is 1080. The van der Waals surface area contributed by atoms with Crippen molar-refractivity contribution in [1.82, 2.24) is 4.57 Å². The highest BCUT2D eigenvalue weighted by Gasteiger charge is 2.15. The van der Waals surface area contributed by atoms with E-state index in [1.807, 2.05) is 62.4 Å². The van der Waals surface area contributed by atoms with Gasteiger partial charge in [-0.1, -0.05) is 51.8 Å². The molecule has 1 heterocycles. The number of hydrogen-bond acceptors (Lipinski definition) is 2. The van der Waals surface area contributed by atoms with Crippen LogP contribution in [0.3, 0.4) is 0 Å². The van der Waals surface area contributed by atoms with E-state index in [4.69, 9.17) is 4.74 Å². The highest BCUT2D eigenvalue weighted by molar-refractivity contribution is 9.10. The molecule has 0 aliphatic heterocycles. The Kier molecular flexibility index (Phi) is 7.78. The van der Waals surface area contributed by atoms with Crippen molar-refractivity contribution in [2.45, 2.75) is 26.6 Å². The topological polar surface area (TPSA) is 26.2 Å². The van der Waals surface area contributed by atoms with Gasteiger partial charge >= 0.3 is 0 Å². The summed E-state index contributed by atoms with van der Waals surface area (Å²) in [6.45, 7) is 4.50. The van der Waals surface area contributed by atoms with Gasteiger partial charge in [-0.3, -0.25) is 0 Å². The van der Waals surface area contributed by atoms with Crippen LogP contribution in [0.2, 0.25) is 0 Å². The first kappa shape index (κ1) is 22.6. The molecule has 158 valence electrons. The van der Waals surface area contributed by atoms with Crippen molar-refractivity contribution < 1.29 is 9.13 Å². The lowest BCUT2D eigenvalue weighted by atomic mass is 10.2. The SMILES string of the molecule is CC.COc1cccc(NCC(F)Cn2c3ccc(Br)cc3c3cc(Br)ccc32)c1. The summed E-state index contributed by atoms with van der Waals surface area (Å²) < 4.78 is 24.2. The van der Waals surface area contributed by atoms with Crippen LogP contribution >= 0.6 is 31.9 Å². The molecule has 4 rings (SSSR count). The Labute approximate surface area is 193 Å². The van der Waals surface area contributed by atoms with Gasteiger partial charge in [0.25, 0.3) is 0 Å². The zero-order chi connectivity index (χ0) is 21.7. The number of alkyl halides is 1. The van der Waals surface area contributed by atoms with Crippen LogP contribution in [-0.4, -0.2) is 24.4 Å². The molecular weight excluding hydrogens is 511 g/mol. The van der Waals surface area contributed by atoms with Gasteiger partial charge in [-0.2, -0.15) is 0 Å². The number of rotatable bonds is 6. The van der Waals surface area contributed by atoms with E-state index in [0.29, 0.717) is 0 Å². The van der Waals surface area contributed by atoms with Crippen molar-refractivity contribution in [2.75, 3.05) is 19.0 Å². The predicted octanol–water partition coefficient (Wildman–Crippen LogP) is 7.80. The van der Waals surface area contributed by atoms with Crippen LogP contribution in [0.15, 0.2) is 69.6 Å². The molecule has 0 amide bonds. The summed E-state index contributed by atoms with van der Waals surface area (Å²) >= 11 is 7.09. The van der Waals surface area contributed by atoms with Gasteiger partial charge in [-0.25, -0.2) is 4.39 Å². The fourth-order valence-corrected chi connectivity index (χ4v) is 4.19. The van der Waals surface area contributed by atoms with E-state index in [1.54, 1.807) is 7.11 Å². The maximum absolute atomic E-state index is 14.9. The monoisotopic (exact) mass is 534 g/mol. The van der Waals surface area contributed by atoms with Crippen LogP contribution in [0.1, 0.15) is 13.8 Å². The van der Waals surface area contributed by atoms with Crippen LogP contribution in [0.25, 0.3) is 21.8 Å². The number of methoxy groups -OCH3 is 1. The fourth-order valence-electron chi connectivity index (χ4n) is 3.47. The summed E-state index contributed by atoms with van der Waals surface area (Å²) in [4.78, 5) is 0. The van der Waals surface area contributed by atoms with E-state index in [2.05, 4.69) is 53.9 Å². The molecule has 0 fully saturated rings. The number of ether oxygens (including phenoxy) is 1. The van der Waals surface area contributed by atoms with E-state index in [9.17, 15) is 4.39 Å². The molecule has 0 spiro atoms. The first-order valence-corrected chi connectivity index (χ1v) is 11.5. The van der Waals surface area contributed by atoms with E-state index < -0.39 is 6.17 Å². The van der Waals surface area contributed by atoms with Gasteiger partial charge in [0.15, 0.2) is 0 Å². The third-order valence-electron chi connectivity index (χ3n) is 4.77. The Balaban J connectivity index is 0.00000124. The molecule has 1 N–H and O–H groups in total. The minimum absolute atomic E-state index is 0.224. The van der Waals surface area contributed by atoms with Crippen molar-refractivity contribution >= 4 is 59.4 Å². The minimum Gasteiger partial charge on any atom is -0.497 e. The smallest absolute Gasteiger partial charge is 0.135 e. The molecule has 1 aromatic heterocycles. The number of benzene rings is 3. The molecule has 0 saturated heterocycles. The molecule has 4 aromatic rings. The summed E-state index contributed by atoms with van der Waals surface area (Å²) in [7, 11) is 1.62. The van der Waals surface area contributed by atoms with Crippen molar-refractivity contribution in [3.05, 3.63) is 69.6 Å². The second kappa shape index (κ2) is 10.3. The van der Waals surface area contributed by atoms with Crippen LogP contribution in [-0.2, 0) is 6.54 Å². The quantitative estimate of drug-likeness (QED) is 0.272. The molecule has 6 heteroatoms. The van der Waals surface area contributed by atoms with Crippen molar-refractivity contribution in [1.29, 1.82) is 0 Å². The van der Waals surface area contributed by atoms with Gasteiger partial charge in [0.1, 0.15) is 11.9 Å². The summed E-state index contributed by atoms with van der Waals surface area (Å²) in [6.07, 6.45) is -1.04. The first-order valence-electron chi connectivity index (χ1n) is 9.94. The van der Waals surface area contributed by atoms with Crippen LogP contribution in [0.5, 0.6) is 5.75 Å². The van der Waals surface area contributed by atoms with Crippen molar-refractivity contribution in [2.24, 2.45) is 0 Å². The Morgan fingerprint density at radius 2 is 1.53 bits per heavy atom. The molecule has 0 radical (unpaired) electrons. The van der Waals surface area contributed by atoms with Gasteiger partial charge < -0.3 is 14.6 Å². The van der Waals surface area contributed by atoms with Crippen molar-refractivity contribution in [3.63, 3.8) is 0 Å². The van der Waals surface area contributed by atoms with Gasteiger partial charge in [-0.15, -0.1) is 0 Å². The molecule has 0 aliphatic carbocycles. The summed E-state index contributed by atoms with van der Waals surface area (Å²) in [5.41, 5.74) is 2.90. The molecule has 0 aliphatic rings. The molecule has 3 nitrogen and oxygen atoms in total. The summed E-state index contributed by atoms with van der Waals surface area (Å²) in [6, 6.07) is 19.8. The normalized spacial score (nSPS) is 11.8. The van der Waals surface area contributed by atoms with Crippen LogP contribution < -0.4 is 10.1 Å². The molecule has 1 atom stereocenters. The van der Waals surface area contributed by atoms with Gasteiger partial charge in [0.2, 0.25) is 0 Å². The first-order chi connectivity index (χ1) is 14.5. The zero-order valence-electron chi connectivity index (χ0n) is 17.3. The largest absolute Gasteiger partial charge is 0.497 e. The Morgan fingerprint density at radius 1 is 0.933 bits per heavy atom. The maximum Gasteiger partial charge on any atom is 0.135 e. The Hall–Kier alpha value is -2.05. The standard InChI is InChI=1S/C22H19Br2FN2O.C2H6/c1-28-18-4-2-3-17(11-18)26-12-16(25)13-27-21-7-5-14(23)9-19(21)20-10-15(24)6-8-22(20)27;1-2/h2-11,16,26H,12-13H2,1H3;1-2H3. The van der Waals surface area contributed by atoms with E-state index in [1.165, 1.54) is 0 Å². The fraction of sp³-hybridized carbons (Fsp3) is 0.250. The predicted molar refractivity (Wildman–Crippen MR) is 133 cm³/mol. The number of anilines is 1. The van der Waals surface area contributed by atoms with Crippen molar-refractivity contribution in [3.8, 4) is 5.75 Å². The average Bonchev–Trinajstić information content (AvgIpc) is 3.06. The van der Waals surface area contributed by atoms with Gasteiger partial charge in [-0.05, 0) is 48.5 Å². The number of fused-ring (bicyclic) bond motifs is 3. The number of nitrogens with one attached hydrogen (secondary N) is 1. The number of halogens is 3. The number of hydrogen-bond donors (Lipinski definition) is 1. The second-order valence-electron chi connectivity index (χ2n) is 6.64. The average molecular weight is 536 g/mol. The van der Waals surface area contributed by atoms with Crippen LogP contribution in [0.4, 0.5) is 10.1 Å². The molecule has 0 saturated carbocycles. The maximum atomic E-state index is 14.9. The lowest BCUT2D eigenvalue weighted by Crippen LogP contribution is -2.21. The molecule has 1 unspecified atom stereocenters. The lowest BCUT2D eigenvalue weighted by Gasteiger charge is -2.14. The van der Waals surface area contributed by atoms with Gasteiger partial charge in [0.05, 0.1) is 13.7 Å². The third-order valence-corrected chi connectivity index (χ3v) is 5.75. The number of aromatic nitrogens is 1. The highest BCUT2D eigenvalue weighted by Crippen LogP contribution is 2.33. The zero-order valence-corrected chi connectivity index (χ0v) is 20.4. The third kappa shape index (κ3) is 4.98. The van der Waals surface area contributed by atoms with Crippen LogP contribution in [0, 0.1) is 0 Å². The second-order valence-corrected chi connectivity index (χ2v) is 8.48. The highest BCUT2D eigenvalue weighted by atomic mass is 79.9. The molecular formula is C24H25Br2FN2O. The number of nitrogens with zero attached hydrogens (tertiary/aromatic N) is 1.